The molecule has 0 bridgehead atoms. The van der Waals surface area contributed by atoms with Crippen LogP contribution in [0.5, 0.6) is 0 Å². The molecule has 0 unspecified atom stereocenters. The van der Waals surface area contributed by atoms with Crippen molar-refractivity contribution in [1.29, 1.82) is 0 Å². The van der Waals surface area contributed by atoms with Crippen LogP contribution in [0.4, 0.5) is 10.1 Å². The van der Waals surface area contributed by atoms with Crippen molar-refractivity contribution >= 4 is 16.6 Å². The van der Waals surface area contributed by atoms with Gasteiger partial charge in [0.25, 0.3) is 5.56 Å². The molecule has 1 aromatic carbocycles. The third-order valence-electron chi connectivity index (χ3n) is 3.75. The second kappa shape index (κ2) is 4.19. The van der Waals surface area contributed by atoms with Crippen LogP contribution < -0.4 is 16.1 Å². The molecule has 1 saturated carbocycles. The Hall–Kier alpha value is -2.11. The number of hydrogen-bond acceptors (Lipinski definition) is 3. The summed E-state index contributed by atoms with van der Waals surface area (Å²) in [5.41, 5.74) is 0.641. The zero-order valence-electron chi connectivity index (χ0n) is 11.7. The van der Waals surface area contributed by atoms with Gasteiger partial charge in [-0.15, -0.1) is 0 Å². The van der Waals surface area contributed by atoms with Gasteiger partial charge in [-0.05, 0) is 25.8 Å². The van der Waals surface area contributed by atoms with Gasteiger partial charge < -0.3 is 4.90 Å². The second-order valence-corrected chi connectivity index (χ2v) is 5.48. The summed E-state index contributed by atoms with van der Waals surface area (Å²) in [6.45, 7) is 1.75. The minimum absolute atomic E-state index is 0.112. The predicted octanol–water partition coefficient (Wildman–Crippen LogP) is 1.54. The summed E-state index contributed by atoms with van der Waals surface area (Å²) in [5.74, 6) is -0.452. The van der Waals surface area contributed by atoms with Gasteiger partial charge in [0.05, 0.1) is 16.6 Å². The fourth-order valence-corrected chi connectivity index (χ4v) is 2.80. The Bertz CT molecular complexity index is 816. The number of aryl methyl sites for hydroxylation is 1. The van der Waals surface area contributed by atoms with Crippen LogP contribution in [-0.4, -0.2) is 23.6 Å². The summed E-state index contributed by atoms with van der Waals surface area (Å²) >= 11 is 0. The van der Waals surface area contributed by atoms with Gasteiger partial charge in [0.15, 0.2) is 0 Å². The first kappa shape index (κ1) is 12.9. The number of benzene rings is 1. The van der Waals surface area contributed by atoms with Crippen LogP contribution in [0.3, 0.4) is 0 Å². The molecule has 20 heavy (non-hydrogen) atoms. The van der Waals surface area contributed by atoms with Gasteiger partial charge in [-0.1, -0.05) is 0 Å². The lowest BCUT2D eigenvalue weighted by Crippen LogP contribution is -2.31. The molecule has 1 fully saturated rings. The van der Waals surface area contributed by atoms with Crippen LogP contribution in [0.15, 0.2) is 15.7 Å². The smallest absolute Gasteiger partial charge is 0.329 e. The fraction of sp³-hybridized carbons (Fsp3) is 0.429. The van der Waals surface area contributed by atoms with Gasteiger partial charge in [0, 0.05) is 25.7 Å². The molecule has 106 valence electrons. The number of nitrogens with zero attached hydrogens (tertiary/aromatic N) is 2. The highest BCUT2D eigenvalue weighted by Gasteiger charge is 2.28. The summed E-state index contributed by atoms with van der Waals surface area (Å²) in [6, 6.07) is 1.33. The summed E-state index contributed by atoms with van der Waals surface area (Å²) < 4.78 is 15.8. The Morgan fingerprint density at radius 1 is 1.35 bits per heavy atom. The van der Waals surface area contributed by atoms with E-state index in [1.54, 1.807) is 30.5 Å². The normalized spacial score (nSPS) is 14.8. The minimum atomic E-state index is -0.533. The van der Waals surface area contributed by atoms with Crippen LogP contribution in [0.2, 0.25) is 0 Å². The van der Waals surface area contributed by atoms with E-state index in [-0.39, 0.29) is 11.4 Å². The largest absolute Gasteiger partial charge is 0.375 e. The maximum absolute atomic E-state index is 14.2. The summed E-state index contributed by atoms with van der Waals surface area (Å²) in [5, 5.41) is 0.233. The molecular formula is C14H16FN3O2. The molecular weight excluding hydrogens is 261 g/mol. The van der Waals surface area contributed by atoms with Gasteiger partial charge in [0.1, 0.15) is 5.82 Å². The van der Waals surface area contributed by atoms with Crippen molar-refractivity contribution in [3.63, 3.8) is 0 Å². The van der Waals surface area contributed by atoms with E-state index in [0.29, 0.717) is 16.8 Å². The van der Waals surface area contributed by atoms with Crippen LogP contribution in [-0.2, 0) is 0 Å². The van der Waals surface area contributed by atoms with E-state index < -0.39 is 17.1 Å². The summed E-state index contributed by atoms with van der Waals surface area (Å²) in [6.07, 6.45) is 1.82. The van der Waals surface area contributed by atoms with E-state index in [1.807, 2.05) is 0 Å². The molecule has 0 saturated heterocycles. The molecule has 0 atom stereocenters. The molecule has 0 amide bonds. The molecule has 1 N–H and O–H groups in total. The Morgan fingerprint density at radius 2 is 2.00 bits per heavy atom. The zero-order chi connectivity index (χ0) is 14.6. The third-order valence-corrected chi connectivity index (χ3v) is 3.75. The fourth-order valence-electron chi connectivity index (χ4n) is 2.80. The number of hydrogen-bond donors (Lipinski definition) is 1. The van der Waals surface area contributed by atoms with E-state index in [9.17, 15) is 14.0 Å². The topological polar surface area (TPSA) is 58.1 Å². The van der Waals surface area contributed by atoms with Crippen molar-refractivity contribution in [3.05, 3.63) is 38.3 Å². The number of nitrogens with one attached hydrogen (secondary N) is 1. The van der Waals surface area contributed by atoms with Crippen molar-refractivity contribution in [2.24, 2.45) is 0 Å². The van der Waals surface area contributed by atoms with Gasteiger partial charge >= 0.3 is 5.69 Å². The Kier molecular flexibility index (Phi) is 2.70. The molecule has 0 radical (unpaired) electrons. The number of fused-ring (bicyclic) bond motifs is 1. The molecule has 5 nitrogen and oxygen atoms in total. The van der Waals surface area contributed by atoms with Crippen molar-refractivity contribution in [1.82, 2.24) is 9.55 Å². The maximum Gasteiger partial charge on any atom is 0.329 e. The van der Waals surface area contributed by atoms with E-state index >= 15 is 0 Å². The first-order chi connectivity index (χ1) is 9.41. The first-order valence-corrected chi connectivity index (χ1v) is 6.56. The molecule has 1 aromatic heterocycles. The maximum atomic E-state index is 14.2. The summed E-state index contributed by atoms with van der Waals surface area (Å²) in [4.78, 5) is 27.9. The van der Waals surface area contributed by atoms with Crippen LogP contribution in [0.25, 0.3) is 10.9 Å². The molecule has 0 aliphatic heterocycles. The minimum Gasteiger partial charge on any atom is -0.375 e. The monoisotopic (exact) mass is 277 g/mol. The number of H-pyrrole nitrogens is 1. The second-order valence-electron chi connectivity index (χ2n) is 5.48. The Labute approximate surface area is 114 Å². The van der Waals surface area contributed by atoms with Gasteiger partial charge in [0.2, 0.25) is 0 Å². The van der Waals surface area contributed by atoms with Crippen LogP contribution >= 0.6 is 0 Å². The van der Waals surface area contributed by atoms with E-state index in [4.69, 9.17) is 0 Å². The molecule has 0 spiro atoms. The molecule has 6 heteroatoms. The lowest BCUT2D eigenvalue weighted by molar-refractivity contribution is 0.624. The van der Waals surface area contributed by atoms with Gasteiger partial charge in [-0.2, -0.15) is 0 Å². The molecule has 2 aromatic rings. The van der Waals surface area contributed by atoms with Crippen molar-refractivity contribution in [2.45, 2.75) is 25.8 Å². The SMILES string of the molecule is Cc1c(N(C)C)c(F)cc2c(=O)[nH]c(=O)n(C3CC3)c12. The Morgan fingerprint density at radius 3 is 2.55 bits per heavy atom. The molecule has 1 heterocycles. The zero-order valence-corrected chi connectivity index (χ0v) is 11.7. The number of anilines is 1. The first-order valence-electron chi connectivity index (χ1n) is 6.56. The van der Waals surface area contributed by atoms with E-state index in [2.05, 4.69) is 4.98 Å². The lowest BCUT2D eigenvalue weighted by atomic mass is 10.1. The van der Waals surface area contributed by atoms with E-state index in [1.165, 1.54) is 6.07 Å². The van der Waals surface area contributed by atoms with Gasteiger partial charge in [-0.25, -0.2) is 9.18 Å². The lowest BCUT2D eigenvalue weighted by Gasteiger charge is -2.20. The Balaban J connectivity index is 2.54. The van der Waals surface area contributed by atoms with Crippen molar-refractivity contribution in [2.75, 3.05) is 19.0 Å². The molecule has 1 aliphatic rings. The van der Waals surface area contributed by atoms with E-state index in [0.717, 1.165) is 12.8 Å². The highest BCUT2D eigenvalue weighted by Crippen LogP contribution is 2.37. The molecule has 3 rings (SSSR count). The van der Waals surface area contributed by atoms with Crippen molar-refractivity contribution < 1.29 is 4.39 Å². The average Bonchev–Trinajstić information content (AvgIpc) is 3.14. The highest BCUT2D eigenvalue weighted by atomic mass is 19.1. The number of aromatic nitrogens is 2. The van der Waals surface area contributed by atoms with Crippen LogP contribution in [0, 0.1) is 12.7 Å². The third kappa shape index (κ3) is 1.75. The number of halogens is 1. The van der Waals surface area contributed by atoms with Crippen LogP contribution in [0.1, 0.15) is 24.4 Å². The number of rotatable bonds is 2. The standard InChI is InChI=1S/C14H16FN3O2/c1-7-11-9(6-10(15)12(7)17(2)3)13(19)16-14(20)18(11)8-4-5-8/h6,8H,4-5H2,1-3H3,(H,16,19,20). The number of aromatic amines is 1. The molecule has 1 aliphatic carbocycles. The quantitative estimate of drug-likeness (QED) is 0.906. The van der Waals surface area contributed by atoms with Crippen molar-refractivity contribution in [3.8, 4) is 0 Å². The highest BCUT2D eigenvalue weighted by molar-refractivity contribution is 5.87. The van der Waals surface area contributed by atoms with Gasteiger partial charge in [-0.3, -0.25) is 14.3 Å². The predicted molar refractivity (Wildman–Crippen MR) is 76.1 cm³/mol. The summed E-state index contributed by atoms with van der Waals surface area (Å²) in [7, 11) is 3.48. The average molecular weight is 277 g/mol.